The molecule has 0 saturated carbocycles. The number of anilines is 6. The number of benzene rings is 7. The van der Waals surface area contributed by atoms with Gasteiger partial charge < -0.3 is 14.2 Å². The van der Waals surface area contributed by atoms with Gasteiger partial charge >= 0.3 is 0 Å². The van der Waals surface area contributed by atoms with Crippen molar-refractivity contribution in [3.63, 3.8) is 0 Å². The van der Waals surface area contributed by atoms with Crippen molar-refractivity contribution in [1.29, 1.82) is 0 Å². The zero-order valence-electron chi connectivity index (χ0n) is 24.1. The summed E-state index contributed by atoms with van der Waals surface area (Å²) in [4.78, 5) is 4.24. The van der Waals surface area contributed by atoms with Crippen LogP contribution in [0.4, 0.5) is 42.9 Å². The highest BCUT2D eigenvalue weighted by Gasteiger charge is 2.21. The predicted octanol–water partition coefficient (Wildman–Crippen LogP) is 12.0. The molecular weight excluding hydrogens is 562 g/mol. The first-order valence-corrected chi connectivity index (χ1v) is 14.7. The van der Waals surface area contributed by atoms with Crippen LogP contribution in [0.3, 0.4) is 0 Å². The van der Waals surface area contributed by atoms with Crippen molar-refractivity contribution in [1.82, 2.24) is 0 Å². The quantitative estimate of drug-likeness (QED) is 0.193. The van der Waals surface area contributed by atoms with Crippen LogP contribution in [0.1, 0.15) is 0 Å². The Bertz CT molecular complexity index is 2280. The molecule has 8 aromatic rings. The summed E-state index contributed by atoms with van der Waals surface area (Å²) in [6.45, 7) is 0. The van der Waals surface area contributed by atoms with E-state index in [9.17, 15) is 8.78 Å². The molecule has 0 aliphatic rings. The molecule has 0 amide bonds. The van der Waals surface area contributed by atoms with Crippen LogP contribution in [0.2, 0.25) is 0 Å². The summed E-state index contributed by atoms with van der Waals surface area (Å²) >= 11 is 0. The van der Waals surface area contributed by atoms with E-state index in [1.54, 1.807) is 24.3 Å². The SMILES string of the molecule is Fc1ccc(N(c2ccccc2)c2ccc3oc4cc(N(c5ccccc5)c5ccc(F)cc5)c5ccccc5c4c3c2)cc1. The zero-order valence-corrected chi connectivity index (χ0v) is 24.1. The Hall–Kier alpha value is -5.94. The van der Waals surface area contributed by atoms with E-state index in [-0.39, 0.29) is 11.6 Å². The van der Waals surface area contributed by atoms with Gasteiger partial charge in [-0.3, -0.25) is 0 Å². The molecule has 0 spiro atoms. The summed E-state index contributed by atoms with van der Waals surface area (Å²) in [6, 6.07) is 49.7. The lowest BCUT2D eigenvalue weighted by molar-refractivity contribution is 0.627. The van der Waals surface area contributed by atoms with Gasteiger partial charge in [0, 0.05) is 50.7 Å². The van der Waals surface area contributed by atoms with E-state index in [4.69, 9.17) is 4.42 Å². The van der Waals surface area contributed by atoms with E-state index in [0.717, 1.165) is 66.8 Å². The molecule has 5 heteroatoms. The Morgan fingerprint density at radius 2 is 0.867 bits per heavy atom. The number of halogens is 2. The second kappa shape index (κ2) is 11.0. The summed E-state index contributed by atoms with van der Waals surface area (Å²) in [7, 11) is 0. The second-order valence-electron chi connectivity index (χ2n) is 10.9. The van der Waals surface area contributed by atoms with Gasteiger partial charge in [-0.15, -0.1) is 0 Å². The lowest BCUT2D eigenvalue weighted by Crippen LogP contribution is -2.10. The van der Waals surface area contributed by atoms with Crippen molar-refractivity contribution >= 4 is 66.8 Å². The molecule has 0 unspecified atom stereocenters. The average molecular weight is 589 g/mol. The molecule has 216 valence electrons. The number of hydrogen-bond donors (Lipinski definition) is 0. The summed E-state index contributed by atoms with van der Waals surface area (Å²) in [5.74, 6) is -0.569. The summed E-state index contributed by atoms with van der Waals surface area (Å²) in [6.07, 6.45) is 0. The molecule has 0 aliphatic carbocycles. The molecule has 45 heavy (non-hydrogen) atoms. The minimum atomic E-state index is -0.287. The van der Waals surface area contributed by atoms with Gasteiger partial charge in [0.15, 0.2) is 0 Å². The van der Waals surface area contributed by atoms with Crippen molar-refractivity contribution in [2.75, 3.05) is 9.80 Å². The first kappa shape index (κ1) is 26.7. The number of nitrogens with zero attached hydrogens (tertiary/aromatic N) is 2. The fraction of sp³-hybridized carbons (Fsp3) is 0. The first-order valence-electron chi connectivity index (χ1n) is 14.7. The molecule has 1 aromatic heterocycles. The highest BCUT2D eigenvalue weighted by Crippen LogP contribution is 2.46. The second-order valence-corrected chi connectivity index (χ2v) is 10.9. The van der Waals surface area contributed by atoms with E-state index >= 15 is 0 Å². The zero-order chi connectivity index (χ0) is 30.3. The van der Waals surface area contributed by atoms with Gasteiger partial charge in [0.05, 0.1) is 5.69 Å². The number of para-hydroxylation sites is 2. The van der Waals surface area contributed by atoms with Crippen LogP contribution in [0.15, 0.2) is 162 Å². The largest absolute Gasteiger partial charge is 0.456 e. The van der Waals surface area contributed by atoms with Crippen LogP contribution in [-0.4, -0.2) is 0 Å². The van der Waals surface area contributed by atoms with E-state index in [0.29, 0.717) is 0 Å². The Balaban J connectivity index is 1.37. The minimum absolute atomic E-state index is 0.282. The van der Waals surface area contributed by atoms with Gasteiger partial charge in [-0.05, 0) is 96.4 Å². The molecule has 0 atom stereocenters. The van der Waals surface area contributed by atoms with Crippen molar-refractivity contribution < 1.29 is 13.2 Å². The van der Waals surface area contributed by atoms with Crippen LogP contribution in [0, 0.1) is 11.6 Å². The molecule has 0 radical (unpaired) electrons. The van der Waals surface area contributed by atoms with Gasteiger partial charge in [0.1, 0.15) is 22.8 Å². The third-order valence-electron chi connectivity index (χ3n) is 8.14. The lowest BCUT2D eigenvalue weighted by Gasteiger charge is -2.27. The molecule has 0 saturated heterocycles. The van der Waals surface area contributed by atoms with Gasteiger partial charge in [0.2, 0.25) is 0 Å². The third-order valence-corrected chi connectivity index (χ3v) is 8.14. The standard InChI is InChI=1S/C40H26F2N2O/c41-27-15-19-31(20-16-27)43(29-9-3-1-4-10-29)33-23-24-38-36(25-33)40-35-14-8-7-13-34(35)37(26-39(40)45-38)44(30-11-5-2-6-12-30)32-21-17-28(42)18-22-32/h1-26H. The summed E-state index contributed by atoms with van der Waals surface area (Å²) in [5, 5.41) is 4.05. The topological polar surface area (TPSA) is 19.6 Å². The molecule has 8 rings (SSSR count). The maximum absolute atomic E-state index is 14.0. The monoisotopic (exact) mass is 588 g/mol. The summed E-state index contributed by atoms with van der Waals surface area (Å²) < 4.78 is 34.5. The number of furan rings is 1. The molecule has 0 aliphatic heterocycles. The molecule has 0 fully saturated rings. The van der Waals surface area contributed by atoms with E-state index in [2.05, 4.69) is 34.1 Å². The van der Waals surface area contributed by atoms with Crippen molar-refractivity contribution in [3.8, 4) is 0 Å². The maximum atomic E-state index is 14.0. The maximum Gasteiger partial charge on any atom is 0.138 e. The van der Waals surface area contributed by atoms with Gasteiger partial charge in [0.25, 0.3) is 0 Å². The smallest absolute Gasteiger partial charge is 0.138 e. The van der Waals surface area contributed by atoms with E-state index in [1.807, 2.05) is 84.9 Å². The first-order chi connectivity index (χ1) is 22.1. The number of fused-ring (bicyclic) bond motifs is 5. The fourth-order valence-corrected chi connectivity index (χ4v) is 6.14. The van der Waals surface area contributed by atoms with Gasteiger partial charge in [-0.1, -0.05) is 60.7 Å². The van der Waals surface area contributed by atoms with Gasteiger partial charge in [-0.2, -0.15) is 0 Å². The van der Waals surface area contributed by atoms with E-state index < -0.39 is 0 Å². The number of rotatable bonds is 6. The Labute approximate surface area is 258 Å². The Morgan fingerprint density at radius 1 is 0.378 bits per heavy atom. The molecule has 1 heterocycles. The third kappa shape index (κ3) is 4.75. The normalized spacial score (nSPS) is 11.3. The highest BCUT2D eigenvalue weighted by atomic mass is 19.1. The summed E-state index contributed by atoms with van der Waals surface area (Å²) in [5.41, 5.74) is 6.94. The molecule has 0 N–H and O–H groups in total. The molecule has 0 bridgehead atoms. The number of hydrogen-bond acceptors (Lipinski definition) is 3. The van der Waals surface area contributed by atoms with Crippen LogP contribution in [0.25, 0.3) is 32.7 Å². The molecule has 3 nitrogen and oxygen atoms in total. The van der Waals surface area contributed by atoms with Crippen LogP contribution < -0.4 is 9.80 Å². The molecular formula is C40H26F2N2O. The predicted molar refractivity (Wildman–Crippen MR) is 181 cm³/mol. The Kier molecular flexibility index (Phi) is 6.50. The fourth-order valence-electron chi connectivity index (χ4n) is 6.14. The van der Waals surface area contributed by atoms with Crippen LogP contribution in [0.5, 0.6) is 0 Å². The lowest BCUT2D eigenvalue weighted by atomic mass is 10.0. The van der Waals surface area contributed by atoms with Gasteiger partial charge in [-0.25, -0.2) is 8.78 Å². The van der Waals surface area contributed by atoms with E-state index in [1.165, 1.54) is 24.3 Å². The van der Waals surface area contributed by atoms with Crippen LogP contribution in [-0.2, 0) is 0 Å². The minimum Gasteiger partial charge on any atom is -0.456 e. The average Bonchev–Trinajstić information content (AvgIpc) is 3.46. The molecule has 7 aromatic carbocycles. The van der Waals surface area contributed by atoms with Crippen molar-refractivity contribution in [2.24, 2.45) is 0 Å². The van der Waals surface area contributed by atoms with Crippen LogP contribution >= 0.6 is 0 Å². The van der Waals surface area contributed by atoms with Crippen molar-refractivity contribution in [2.45, 2.75) is 0 Å². The Morgan fingerprint density at radius 3 is 1.49 bits per heavy atom. The highest BCUT2D eigenvalue weighted by molar-refractivity contribution is 6.23. The van der Waals surface area contributed by atoms with Crippen molar-refractivity contribution in [3.05, 3.63) is 169 Å².